The molecule has 4 amide bonds. The largest absolute Gasteiger partial charge is 0.497 e. The standard InChI is InChI=1S/C22H23N3O5/c1-29-17-9-7-16(8-10-17)25-21(27)18(23-22(25)28)13-20(26)24-11-12-30-19(14-24)15-5-3-2-4-6-15/h2-10,18-19H,11-14H2,1H3,(H,23,28)/t18-,19-/m0/s1. The van der Waals surface area contributed by atoms with Gasteiger partial charge in [-0.05, 0) is 29.8 Å². The van der Waals surface area contributed by atoms with Gasteiger partial charge in [0.2, 0.25) is 5.91 Å². The molecule has 0 unspecified atom stereocenters. The van der Waals surface area contributed by atoms with E-state index in [0.29, 0.717) is 31.1 Å². The van der Waals surface area contributed by atoms with E-state index in [2.05, 4.69) is 5.32 Å². The van der Waals surface area contributed by atoms with Gasteiger partial charge in [0.05, 0.1) is 32.4 Å². The summed E-state index contributed by atoms with van der Waals surface area (Å²) in [7, 11) is 1.54. The number of urea groups is 1. The monoisotopic (exact) mass is 409 g/mol. The molecule has 2 atom stereocenters. The molecule has 0 saturated carbocycles. The van der Waals surface area contributed by atoms with Crippen LogP contribution in [-0.2, 0) is 14.3 Å². The number of amides is 4. The van der Waals surface area contributed by atoms with Crippen LogP contribution < -0.4 is 15.0 Å². The van der Waals surface area contributed by atoms with Crippen molar-refractivity contribution in [1.29, 1.82) is 0 Å². The van der Waals surface area contributed by atoms with E-state index in [0.717, 1.165) is 10.5 Å². The van der Waals surface area contributed by atoms with Crippen LogP contribution in [0, 0.1) is 0 Å². The first-order chi connectivity index (χ1) is 14.6. The molecule has 8 nitrogen and oxygen atoms in total. The Kier molecular flexibility index (Phi) is 5.67. The summed E-state index contributed by atoms with van der Waals surface area (Å²) in [6, 6.07) is 14.9. The number of imide groups is 1. The second kappa shape index (κ2) is 8.54. The maximum Gasteiger partial charge on any atom is 0.329 e. The van der Waals surface area contributed by atoms with E-state index in [-0.39, 0.29) is 18.4 Å². The molecule has 0 radical (unpaired) electrons. The van der Waals surface area contributed by atoms with Gasteiger partial charge in [-0.25, -0.2) is 9.69 Å². The summed E-state index contributed by atoms with van der Waals surface area (Å²) in [6.45, 7) is 1.30. The highest BCUT2D eigenvalue weighted by Crippen LogP contribution is 2.25. The molecular weight excluding hydrogens is 386 g/mol. The Morgan fingerprint density at radius 1 is 1.13 bits per heavy atom. The first kappa shape index (κ1) is 19.9. The van der Waals surface area contributed by atoms with Crippen LogP contribution in [0.4, 0.5) is 10.5 Å². The fourth-order valence-electron chi connectivity index (χ4n) is 3.69. The van der Waals surface area contributed by atoms with E-state index in [4.69, 9.17) is 9.47 Å². The Bertz CT molecular complexity index is 932. The number of anilines is 1. The number of carbonyl (C=O) groups is 3. The molecule has 2 aromatic carbocycles. The number of nitrogens with one attached hydrogen (secondary N) is 1. The van der Waals surface area contributed by atoms with E-state index < -0.39 is 18.0 Å². The highest BCUT2D eigenvalue weighted by Gasteiger charge is 2.41. The summed E-state index contributed by atoms with van der Waals surface area (Å²) >= 11 is 0. The van der Waals surface area contributed by atoms with Crippen molar-refractivity contribution in [2.45, 2.75) is 18.6 Å². The average Bonchev–Trinajstić information content (AvgIpc) is 3.07. The van der Waals surface area contributed by atoms with E-state index in [1.807, 2.05) is 30.3 Å². The molecular formula is C22H23N3O5. The van der Waals surface area contributed by atoms with Crippen molar-refractivity contribution in [3.05, 3.63) is 60.2 Å². The van der Waals surface area contributed by atoms with Crippen molar-refractivity contribution in [2.24, 2.45) is 0 Å². The number of rotatable bonds is 5. The Balaban J connectivity index is 1.40. The molecule has 30 heavy (non-hydrogen) atoms. The topological polar surface area (TPSA) is 88.2 Å². The number of hydrogen-bond acceptors (Lipinski definition) is 5. The SMILES string of the molecule is COc1ccc(N2C(=O)N[C@@H](CC(=O)N3CCO[C@H](c4ccccc4)C3)C2=O)cc1. The fourth-order valence-corrected chi connectivity index (χ4v) is 3.69. The van der Waals surface area contributed by atoms with Crippen molar-refractivity contribution in [3.8, 4) is 5.75 Å². The van der Waals surface area contributed by atoms with Gasteiger partial charge in [0, 0.05) is 6.54 Å². The lowest BCUT2D eigenvalue weighted by atomic mass is 10.1. The van der Waals surface area contributed by atoms with Gasteiger partial charge in [-0.2, -0.15) is 0 Å². The van der Waals surface area contributed by atoms with E-state index in [1.165, 1.54) is 0 Å². The smallest absolute Gasteiger partial charge is 0.329 e. The number of methoxy groups -OCH3 is 1. The minimum Gasteiger partial charge on any atom is -0.497 e. The van der Waals surface area contributed by atoms with Crippen LogP contribution in [0.25, 0.3) is 0 Å². The maximum absolute atomic E-state index is 12.8. The van der Waals surface area contributed by atoms with Gasteiger partial charge in [-0.1, -0.05) is 30.3 Å². The third-order valence-electron chi connectivity index (χ3n) is 5.32. The van der Waals surface area contributed by atoms with Crippen LogP contribution in [0.15, 0.2) is 54.6 Å². The lowest BCUT2D eigenvalue weighted by molar-refractivity contribution is -0.140. The molecule has 2 heterocycles. The normalized spacial score (nSPS) is 21.5. The second-order valence-corrected chi connectivity index (χ2v) is 7.19. The molecule has 4 rings (SSSR count). The zero-order chi connectivity index (χ0) is 21.1. The van der Waals surface area contributed by atoms with Crippen LogP contribution in [0.2, 0.25) is 0 Å². The number of hydrogen-bond donors (Lipinski definition) is 1. The molecule has 0 bridgehead atoms. The summed E-state index contributed by atoms with van der Waals surface area (Å²) in [4.78, 5) is 40.7. The minimum absolute atomic E-state index is 0.0846. The van der Waals surface area contributed by atoms with Gasteiger partial charge in [-0.3, -0.25) is 9.59 Å². The van der Waals surface area contributed by atoms with Crippen LogP contribution in [0.5, 0.6) is 5.75 Å². The zero-order valence-electron chi connectivity index (χ0n) is 16.6. The molecule has 2 aliphatic rings. The number of ether oxygens (including phenoxy) is 2. The molecule has 2 saturated heterocycles. The molecule has 156 valence electrons. The molecule has 8 heteroatoms. The highest BCUT2D eigenvalue weighted by atomic mass is 16.5. The Morgan fingerprint density at radius 3 is 2.57 bits per heavy atom. The summed E-state index contributed by atoms with van der Waals surface area (Å²) < 4.78 is 10.9. The van der Waals surface area contributed by atoms with Gasteiger partial charge in [0.15, 0.2) is 0 Å². The van der Waals surface area contributed by atoms with Crippen LogP contribution in [-0.4, -0.2) is 55.6 Å². The summed E-state index contributed by atoms with van der Waals surface area (Å²) in [5.41, 5.74) is 1.44. The van der Waals surface area contributed by atoms with Crippen molar-refractivity contribution < 1.29 is 23.9 Å². The molecule has 1 N–H and O–H groups in total. The Labute approximate surface area is 174 Å². The van der Waals surface area contributed by atoms with Crippen LogP contribution in [0.3, 0.4) is 0 Å². The van der Waals surface area contributed by atoms with E-state index in [9.17, 15) is 14.4 Å². The number of carbonyl (C=O) groups excluding carboxylic acids is 3. The van der Waals surface area contributed by atoms with E-state index in [1.54, 1.807) is 36.3 Å². The summed E-state index contributed by atoms with van der Waals surface area (Å²) in [5.74, 6) is -0.00123. The van der Waals surface area contributed by atoms with Crippen molar-refractivity contribution in [3.63, 3.8) is 0 Å². The Morgan fingerprint density at radius 2 is 1.87 bits per heavy atom. The number of benzene rings is 2. The predicted octanol–water partition coefficient (Wildman–Crippen LogP) is 2.11. The quantitative estimate of drug-likeness (QED) is 0.765. The minimum atomic E-state index is -0.884. The van der Waals surface area contributed by atoms with Gasteiger partial charge in [0.25, 0.3) is 5.91 Å². The van der Waals surface area contributed by atoms with E-state index >= 15 is 0 Å². The first-order valence-corrected chi connectivity index (χ1v) is 9.79. The fraction of sp³-hybridized carbons (Fsp3) is 0.318. The summed E-state index contributed by atoms with van der Waals surface area (Å²) in [6.07, 6.45) is -0.285. The highest BCUT2D eigenvalue weighted by molar-refractivity contribution is 6.22. The molecule has 0 aliphatic carbocycles. The number of nitrogens with zero attached hydrogens (tertiary/aromatic N) is 2. The number of morpholine rings is 1. The summed E-state index contributed by atoms with van der Waals surface area (Å²) in [5, 5.41) is 2.62. The maximum atomic E-state index is 12.8. The molecule has 2 aromatic rings. The third kappa shape index (κ3) is 3.99. The lowest BCUT2D eigenvalue weighted by Crippen LogP contribution is -2.45. The van der Waals surface area contributed by atoms with Gasteiger partial charge in [-0.15, -0.1) is 0 Å². The van der Waals surface area contributed by atoms with Crippen LogP contribution >= 0.6 is 0 Å². The van der Waals surface area contributed by atoms with Crippen molar-refractivity contribution in [1.82, 2.24) is 10.2 Å². The third-order valence-corrected chi connectivity index (χ3v) is 5.32. The van der Waals surface area contributed by atoms with Crippen molar-refractivity contribution >= 4 is 23.5 Å². The molecule has 2 aliphatic heterocycles. The van der Waals surface area contributed by atoms with Crippen molar-refractivity contribution in [2.75, 3.05) is 31.7 Å². The average molecular weight is 409 g/mol. The molecule has 0 spiro atoms. The van der Waals surface area contributed by atoms with Gasteiger partial charge < -0.3 is 19.7 Å². The molecule has 2 fully saturated rings. The lowest BCUT2D eigenvalue weighted by Gasteiger charge is -2.33. The van der Waals surface area contributed by atoms with Crippen LogP contribution in [0.1, 0.15) is 18.1 Å². The van der Waals surface area contributed by atoms with Gasteiger partial charge in [0.1, 0.15) is 17.9 Å². The predicted molar refractivity (Wildman–Crippen MR) is 109 cm³/mol. The zero-order valence-corrected chi connectivity index (χ0v) is 16.6. The first-order valence-electron chi connectivity index (χ1n) is 9.79. The van der Waals surface area contributed by atoms with Gasteiger partial charge >= 0.3 is 6.03 Å². The second-order valence-electron chi connectivity index (χ2n) is 7.19. The molecule has 0 aromatic heterocycles. The Hall–Kier alpha value is -3.39.